The molecule has 0 aliphatic carbocycles. The van der Waals surface area contributed by atoms with Gasteiger partial charge in [-0.05, 0) is 62.4 Å². The van der Waals surface area contributed by atoms with E-state index in [9.17, 15) is 26.4 Å². The highest BCUT2D eigenvalue weighted by atomic mass is 32.2. The van der Waals surface area contributed by atoms with E-state index in [2.05, 4.69) is 25.3 Å². The molecule has 0 saturated carbocycles. The number of allylic oxidation sites excluding steroid dienone is 2. The number of hydrogen-bond acceptors (Lipinski definition) is 7. The molecule has 2 heterocycles. The maximum atomic E-state index is 13.5. The smallest absolute Gasteiger partial charge is 0.350 e. The van der Waals surface area contributed by atoms with Crippen molar-refractivity contribution in [2.45, 2.75) is 31.0 Å². The molecule has 0 unspecified atom stereocenters. The molecular formula is C24H23F3N6O3S. The summed E-state index contributed by atoms with van der Waals surface area (Å²) in [4.78, 5) is 20.2. The zero-order valence-corrected chi connectivity index (χ0v) is 20.5. The molecule has 13 heteroatoms. The van der Waals surface area contributed by atoms with Gasteiger partial charge < -0.3 is 16.0 Å². The molecule has 194 valence electrons. The Bertz CT molecular complexity index is 1410. The normalized spacial score (nSPS) is 12.3. The number of rotatable bonds is 9. The van der Waals surface area contributed by atoms with Gasteiger partial charge in [0.05, 0.1) is 22.5 Å². The lowest BCUT2D eigenvalue weighted by molar-refractivity contribution is -0.0901. The largest absolute Gasteiger partial charge is 0.431 e. The molecular weight excluding hydrogens is 509 g/mol. The Kier molecular flexibility index (Phi) is 8.40. The van der Waals surface area contributed by atoms with Gasteiger partial charge in [-0.25, -0.2) is 18.1 Å². The van der Waals surface area contributed by atoms with Crippen LogP contribution in [0.4, 0.5) is 24.7 Å². The van der Waals surface area contributed by atoms with E-state index < -0.39 is 33.5 Å². The first kappa shape index (κ1) is 27.5. The van der Waals surface area contributed by atoms with E-state index in [-0.39, 0.29) is 33.6 Å². The zero-order chi connectivity index (χ0) is 27.2. The van der Waals surface area contributed by atoms with E-state index >= 15 is 0 Å². The molecule has 3 rings (SSSR count). The van der Waals surface area contributed by atoms with Gasteiger partial charge >= 0.3 is 6.18 Å². The average molecular weight is 533 g/mol. The highest BCUT2D eigenvalue weighted by Gasteiger charge is 2.34. The first-order valence-corrected chi connectivity index (χ1v) is 12.3. The molecule has 0 atom stereocenters. The predicted molar refractivity (Wildman–Crippen MR) is 133 cm³/mol. The van der Waals surface area contributed by atoms with Crippen LogP contribution in [-0.4, -0.2) is 42.2 Å². The highest BCUT2D eigenvalue weighted by Crippen LogP contribution is 2.27. The number of sulfonamides is 1. The summed E-state index contributed by atoms with van der Waals surface area (Å²) < 4.78 is 67.8. The van der Waals surface area contributed by atoms with Crippen molar-refractivity contribution in [2.24, 2.45) is 0 Å². The summed E-state index contributed by atoms with van der Waals surface area (Å²) >= 11 is 0. The second-order valence-electron chi connectivity index (χ2n) is 8.03. The van der Waals surface area contributed by atoms with Crippen molar-refractivity contribution >= 4 is 33.1 Å². The Hall–Kier alpha value is -4.10. The van der Waals surface area contributed by atoms with Gasteiger partial charge in [-0.1, -0.05) is 6.07 Å². The fourth-order valence-corrected chi connectivity index (χ4v) is 4.30. The number of nitrogens with one attached hydrogen (secondary N) is 4. The third-order valence-electron chi connectivity index (χ3n) is 4.65. The van der Waals surface area contributed by atoms with Crippen molar-refractivity contribution in [3.05, 3.63) is 90.0 Å². The number of anilines is 2. The number of aromatic nitrogens is 2. The van der Waals surface area contributed by atoms with E-state index in [4.69, 9.17) is 5.41 Å². The van der Waals surface area contributed by atoms with Crippen molar-refractivity contribution in [1.29, 1.82) is 5.41 Å². The molecule has 4 N–H and O–H groups in total. The van der Waals surface area contributed by atoms with Gasteiger partial charge in [0.25, 0.3) is 5.91 Å². The summed E-state index contributed by atoms with van der Waals surface area (Å²) in [6.45, 7) is 3.33. The van der Waals surface area contributed by atoms with Gasteiger partial charge in [0.15, 0.2) is 0 Å². The lowest BCUT2D eigenvalue weighted by Gasteiger charge is -2.15. The molecule has 0 aliphatic heterocycles. The van der Waals surface area contributed by atoms with Gasteiger partial charge in [0.2, 0.25) is 10.0 Å². The first-order valence-electron chi connectivity index (χ1n) is 10.8. The van der Waals surface area contributed by atoms with E-state index in [0.717, 1.165) is 6.20 Å². The predicted octanol–water partition coefficient (Wildman–Crippen LogP) is 4.34. The monoisotopic (exact) mass is 532 g/mol. The Morgan fingerprint density at radius 2 is 1.76 bits per heavy atom. The van der Waals surface area contributed by atoms with Crippen molar-refractivity contribution in [3.8, 4) is 0 Å². The Morgan fingerprint density at radius 1 is 1.03 bits per heavy atom. The van der Waals surface area contributed by atoms with Crippen LogP contribution in [0.1, 0.15) is 29.8 Å². The molecule has 0 fully saturated rings. The number of pyridine rings is 2. The second-order valence-corrected chi connectivity index (χ2v) is 9.74. The van der Waals surface area contributed by atoms with E-state index in [1.807, 2.05) is 0 Å². The lowest BCUT2D eigenvalue weighted by atomic mass is 10.1. The van der Waals surface area contributed by atoms with E-state index in [1.54, 1.807) is 13.8 Å². The molecule has 0 spiro atoms. The van der Waals surface area contributed by atoms with Crippen LogP contribution < -0.4 is 15.4 Å². The van der Waals surface area contributed by atoms with Gasteiger partial charge in [0, 0.05) is 29.6 Å². The van der Waals surface area contributed by atoms with Gasteiger partial charge in [-0.3, -0.25) is 9.78 Å². The number of halogens is 3. The summed E-state index contributed by atoms with van der Waals surface area (Å²) in [5, 5.41) is 12.6. The minimum atomic E-state index is -4.78. The number of amides is 1. The number of alkyl halides is 3. The van der Waals surface area contributed by atoms with E-state index in [0.29, 0.717) is 6.08 Å². The molecule has 1 amide bonds. The van der Waals surface area contributed by atoms with Gasteiger partial charge in [-0.15, -0.1) is 0 Å². The molecule has 3 aromatic rings. The van der Waals surface area contributed by atoms with Crippen molar-refractivity contribution in [2.75, 3.05) is 10.6 Å². The molecule has 0 radical (unpaired) electrons. The summed E-state index contributed by atoms with van der Waals surface area (Å²) in [5.74, 6) is -0.625. The number of carbonyl (C=O) groups is 1. The summed E-state index contributed by atoms with van der Waals surface area (Å²) in [6, 6.07) is 10.6. The summed E-state index contributed by atoms with van der Waals surface area (Å²) in [7, 11) is -3.81. The van der Waals surface area contributed by atoms with Crippen LogP contribution in [0.2, 0.25) is 0 Å². The molecule has 9 nitrogen and oxygen atoms in total. The Morgan fingerprint density at radius 3 is 2.35 bits per heavy atom. The van der Waals surface area contributed by atoms with Crippen LogP contribution in [0.5, 0.6) is 0 Å². The van der Waals surface area contributed by atoms with Crippen LogP contribution in [0.15, 0.2) is 83.8 Å². The molecule has 2 aromatic heterocycles. The molecule has 0 aliphatic rings. The number of benzene rings is 1. The van der Waals surface area contributed by atoms with Crippen molar-refractivity contribution in [1.82, 2.24) is 14.7 Å². The average Bonchev–Trinajstić information content (AvgIpc) is 2.84. The third-order valence-corrected chi connectivity index (χ3v) is 6.30. The van der Waals surface area contributed by atoms with Crippen LogP contribution in [-0.2, 0) is 10.0 Å². The van der Waals surface area contributed by atoms with E-state index in [1.165, 1.54) is 60.9 Å². The Balaban J connectivity index is 1.73. The van der Waals surface area contributed by atoms with Crippen LogP contribution >= 0.6 is 0 Å². The van der Waals surface area contributed by atoms with Gasteiger partial charge in [-0.2, -0.15) is 13.2 Å². The maximum Gasteiger partial charge on any atom is 0.431 e. The van der Waals surface area contributed by atoms with Crippen LogP contribution in [0.3, 0.4) is 0 Å². The molecule has 0 saturated heterocycles. The fraction of sp³-hybridized carbons (Fsp3) is 0.167. The van der Waals surface area contributed by atoms with Crippen molar-refractivity contribution < 1.29 is 26.4 Å². The Labute approximate surface area is 211 Å². The highest BCUT2D eigenvalue weighted by molar-refractivity contribution is 7.89. The van der Waals surface area contributed by atoms with Crippen LogP contribution in [0, 0.1) is 5.41 Å². The number of nitrogens with zero attached hydrogens (tertiary/aromatic N) is 2. The summed E-state index contributed by atoms with van der Waals surface area (Å²) in [6.07, 6.45) is -0.342. The van der Waals surface area contributed by atoms with Crippen LogP contribution in [0.25, 0.3) is 0 Å². The summed E-state index contributed by atoms with van der Waals surface area (Å²) in [5.41, 5.74) is -1.36. The second kappa shape index (κ2) is 11.3. The van der Waals surface area contributed by atoms with Crippen molar-refractivity contribution in [3.63, 3.8) is 0 Å². The quantitative estimate of drug-likeness (QED) is 0.303. The van der Waals surface area contributed by atoms with Gasteiger partial charge in [0.1, 0.15) is 11.5 Å². The minimum absolute atomic E-state index is 0.0322. The number of hydrogen-bond donors (Lipinski definition) is 4. The number of carbonyl (C=O) groups excluding carboxylic acids is 1. The molecule has 37 heavy (non-hydrogen) atoms. The zero-order valence-electron chi connectivity index (χ0n) is 19.7. The molecule has 1 aromatic carbocycles. The lowest BCUT2D eigenvalue weighted by Crippen LogP contribution is -2.30. The third kappa shape index (κ3) is 7.69. The standard InChI is InChI=1S/C24H23F3N6O3S/c1-15(2)33-37(35,36)19-7-3-5-16(11-19)23(34)32-22-9-8-18(14-30-22)31-21(24(25,26)27)12-20(28)17-6-4-10-29-13-17/h3-15,28,31,33H,1-2H3,(H,30,32,34)/b21-12-,28-20?. The first-order chi connectivity index (χ1) is 17.3. The fourth-order valence-electron chi connectivity index (χ4n) is 3.01. The maximum absolute atomic E-state index is 13.5. The topological polar surface area (TPSA) is 137 Å². The SMILES string of the molecule is CC(C)NS(=O)(=O)c1cccc(C(=O)Nc2ccc(N/C(=C\C(=N)c3cccnc3)C(F)(F)F)cn2)c1. The minimum Gasteiger partial charge on any atom is -0.350 e. The molecule has 0 bridgehead atoms.